The number of anilines is 1. The molecule has 1 aliphatic heterocycles. The van der Waals surface area contributed by atoms with Crippen LogP contribution in [-0.2, 0) is 0 Å². The summed E-state index contributed by atoms with van der Waals surface area (Å²) in [5.74, 6) is 5.45. The minimum atomic E-state index is -0.133. The number of urea groups is 1. The van der Waals surface area contributed by atoms with E-state index in [1.165, 1.54) is 5.01 Å². The van der Waals surface area contributed by atoms with E-state index in [4.69, 9.17) is 5.84 Å². The van der Waals surface area contributed by atoms with Crippen LogP contribution in [0.2, 0.25) is 0 Å². The average molecular weight is 177 g/mol. The molecule has 68 valence electrons. The van der Waals surface area contributed by atoms with Crippen LogP contribution < -0.4 is 10.7 Å². The van der Waals surface area contributed by atoms with Crippen molar-refractivity contribution in [1.29, 1.82) is 0 Å². The van der Waals surface area contributed by atoms with Crippen molar-refractivity contribution in [2.45, 2.75) is 0 Å². The molecule has 0 bridgehead atoms. The molecule has 13 heavy (non-hydrogen) atoms. The Hall–Kier alpha value is -1.55. The zero-order valence-electron chi connectivity index (χ0n) is 7.18. The molecule has 1 heterocycles. The minimum Gasteiger partial charge on any atom is -0.291 e. The molecule has 2 amide bonds. The molecule has 0 unspecified atom stereocenters. The largest absolute Gasteiger partial charge is 0.338 e. The van der Waals surface area contributed by atoms with Gasteiger partial charge < -0.3 is 0 Å². The number of hydrazine groups is 1. The van der Waals surface area contributed by atoms with Gasteiger partial charge in [-0.3, -0.25) is 9.91 Å². The number of rotatable bonds is 1. The fraction of sp³-hybridized carbons (Fsp3) is 0.222. The third-order valence-electron chi connectivity index (χ3n) is 2.11. The molecule has 2 N–H and O–H groups in total. The highest BCUT2D eigenvalue weighted by molar-refractivity contribution is 5.93. The fourth-order valence-corrected chi connectivity index (χ4v) is 1.40. The highest BCUT2D eigenvalue weighted by atomic mass is 16.2. The molecular formula is C9H11N3O. The quantitative estimate of drug-likeness (QED) is 0.509. The van der Waals surface area contributed by atoms with Crippen molar-refractivity contribution in [3.63, 3.8) is 0 Å². The van der Waals surface area contributed by atoms with Gasteiger partial charge >= 0.3 is 6.03 Å². The first kappa shape index (κ1) is 8.07. The smallest absolute Gasteiger partial charge is 0.291 e. The molecule has 0 saturated carbocycles. The SMILES string of the molecule is NN1CCN(c2ccccc2)C1=O. The second kappa shape index (κ2) is 3.06. The van der Waals surface area contributed by atoms with E-state index in [9.17, 15) is 4.79 Å². The lowest BCUT2D eigenvalue weighted by Crippen LogP contribution is -2.36. The molecule has 0 aromatic heterocycles. The third kappa shape index (κ3) is 1.36. The predicted octanol–water partition coefficient (Wildman–Crippen LogP) is 0.802. The zero-order chi connectivity index (χ0) is 9.26. The molecular weight excluding hydrogens is 166 g/mol. The number of para-hydroxylation sites is 1. The van der Waals surface area contributed by atoms with E-state index in [1.54, 1.807) is 4.90 Å². The van der Waals surface area contributed by atoms with Gasteiger partial charge in [-0.1, -0.05) is 18.2 Å². The van der Waals surface area contributed by atoms with E-state index in [2.05, 4.69) is 0 Å². The van der Waals surface area contributed by atoms with Crippen LogP contribution in [0.5, 0.6) is 0 Å². The Morgan fingerprint density at radius 2 is 1.85 bits per heavy atom. The summed E-state index contributed by atoms with van der Waals surface area (Å²) in [5, 5.41) is 1.23. The molecule has 0 spiro atoms. The van der Waals surface area contributed by atoms with Crippen molar-refractivity contribution in [3.05, 3.63) is 30.3 Å². The molecule has 1 aromatic carbocycles. The Bertz CT molecular complexity index is 312. The number of carbonyl (C=O) groups is 1. The van der Waals surface area contributed by atoms with E-state index >= 15 is 0 Å². The van der Waals surface area contributed by atoms with Gasteiger partial charge in [-0.2, -0.15) is 0 Å². The van der Waals surface area contributed by atoms with Gasteiger partial charge in [0.1, 0.15) is 0 Å². The van der Waals surface area contributed by atoms with Crippen LogP contribution in [0.15, 0.2) is 30.3 Å². The third-order valence-corrected chi connectivity index (χ3v) is 2.11. The Morgan fingerprint density at radius 1 is 1.15 bits per heavy atom. The Labute approximate surface area is 76.5 Å². The number of amides is 2. The fourth-order valence-electron chi connectivity index (χ4n) is 1.40. The van der Waals surface area contributed by atoms with Gasteiger partial charge in [0, 0.05) is 12.2 Å². The molecule has 1 aliphatic rings. The van der Waals surface area contributed by atoms with Gasteiger partial charge in [-0.25, -0.2) is 10.6 Å². The van der Waals surface area contributed by atoms with Crippen LogP contribution in [-0.4, -0.2) is 24.1 Å². The summed E-state index contributed by atoms with van der Waals surface area (Å²) in [6.45, 7) is 1.26. The van der Waals surface area contributed by atoms with Crippen LogP contribution in [0.25, 0.3) is 0 Å². The Kier molecular flexibility index (Phi) is 1.90. The summed E-state index contributed by atoms with van der Waals surface area (Å²) in [5.41, 5.74) is 0.903. The summed E-state index contributed by atoms with van der Waals surface area (Å²) in [7, 11) is 0. The van der Waals surface area contributed by atoms with Gasteiger partial charge in [0.15, 0.2) is 0 Å². The van der Waals surface area contributed by atoms with E-state index in [0.717, 1.165) is 5.69 Å². The summed E-state index contributed by atoms with van der Waals surface area (Å²) < 4.78 is 0. The second-order valence-corrected chi connectivity index (χ2v) is 2.96. The first-order chi connectivity index (χ1) is 6.29. The Morgan fingerprint density at radius 3 is 2.38 bits per heavy atom. The van der Waals surface area contributed by atoms with Gasteiger partial charge in [0.2, 0.25) is 0 Å². The summed E-state index contributed by atoms with van der Waals surface area (Å²) in [6.07, 6.45) is 0. The molecule has 1 fully saturated rings. The number of nitrogens with zero attached hydrogens (tertiary/aromatic N) is 2. The minimum absolute atomic E-state index is 0.133. The topological polar surface area (TPSA) is 49.6 Å². The van der Waals surface area contributed by atoms with Gasteiger partial charge in [0.05, 0.1) is 6.54 Å². The van der Waals surface area contributed by atoms with Gasteiger partial charge in [0.25, 0.3) is 0 Å². The molecule has 4 nitrogen and oxygen atoms in total. The maximum atomic E-state index is 11.4. The number of benzene rings is 1. The van der Waals surface area contributed by atoms with Crippen LogP contribution in [0, 0.1) is 0 Å². The highest BCUT2D eigenvalue weighted by Crippen LogP contribution is 2.17. The summed E-state index contributed by atoms with van der Waals surface area (Å²) in [4.78, 5) is 13.1. The van der Waals surface area contributed by atoms with Crippen molar-refractivity contribution >= 4 is 11.7 Å². The van der Waals surface area contributed by atoms with Gasteiger partial charge in [-0.15, -0.1) is 0 Å². The lowest BCUT2D eigenvalue weighted by atomic mass is 10.3. The van der Waals surface area contributed by atoms with Crippen molar-refractivity contribution in [3.8, 4) is 0 Å². The standard InChI is InChI=1S/C9H11N3O/c10-12-7-6-11(9(12)13)8-4-2-1-3-5-8/h1-5H,6-7,10H2. The van der Waals surface area contributed by atoms with Crippen molar-refractivity contribution in [2.24, 2.45) is 5.84 Å². The summed E-state index contributed by atoms with van der Waals surface area (Å²) >= 11 is 0. The predicted molar refractivity (Wildman–Crippen MR) is 50.1 cm³/mol. The molecule has 1 saturated heterocycles. The van der Waals surface area contributed by atoms with E-state index in [1.807, 2.05) is 30.3 Å². The first-order valence-corrected chi connectivity index (χ1v) is 4.18. The zero-order valence-corrected chi connectivity index (χ0v) is 7.18. The maximum absolute atomic E-state index is 11.4. The van der Waals surface area contributed by atoms with Crippen LogP contribution in [0.3, 0.4) is 0 Å². The molecule has 1 aromatic rings. The van der Waals surface area contributed by atoms with Crippen molar-refractivity contribution in [1.82, 2.24) is 5.01 Å². The lowest BCUT2D eigenvalue weighted by Gasteiger charge is -2.14. The van der Waals surface area contributed by atoms with Crippen molar-refractivity contribution < 1.29 is 4.79 Å². The van der Waals surface area contributed by atoms with Crippen molar-refractivity contribution in [2.75, 3.05) is 18.0 Å². The first-order valence-electron chi connectivity index (χ1n) is 4.18. The van der Waals surface area contributed by atoms with E-state index in [-0.39, 0.29) is 6.03 Å². The summed E-state index contributed by atoms with van der Waals surface area (Å²) in [6, 6.07) is 9.40. The normalized spacial score (nSPS) is 16.8. The van der Waals surface area contributed by atoms with Crippen LogP contribution in [0.4, 0.5) is 10.5 Å². The molecule has 0 atom stereocenters. The number of carbonyl (C=O) groups excluding carboxylic acids is 1. The average Bonchev–Trinajstić information content (AvgIpc) is 2.49. The second-order valence-electron chi connectivity index (χ2n) is 2.96. The maximum Gasteiger partial charge on any atom is 0.338 e. The molecule has 0 aliphatic carbocycles. The van der Waals surface area contributed by atoms with E-state index in [0.29, 0.717) is 13.1 Å². The monoisotopic (exact) mass is 177 g/mol. The molecule has 4 heteroatoms. The molecule has 0 radical (unpaired) electrons. The van der Waals surface area contributed by atoms with E-state index < -0.39 is 0 Å². The van der Waals surface area contributed by atoms with Crippen LogP contribution in [0.1, 0.15) is 0 Å². The molecule has 2 rings (SSSR count). The van der Waals surface area contributed by atoms with Crippen LogP contribution >= 0.6 is 0 Å². The lowest BCUT2D eigenvalue weighted by molar-refractivity contribution is 0.222. The number of nitrogens with two attached hydrogens (primary N) is 1. The Balaban J connectivity index is 2.24. The number of hydrogen-bond acceptors (Lipinski definition) is 2. The van der Waals surface area contributed by atoms with Gasteiger partial charge in [-0.05, 0) is 12.1 Å². The number of hydrogen-bond donors (Lipinski definition) is 1. The highest BCUT2D eigenvalue weighted by Gasteiger charge is 2.26.